The molecule has 0 spiro atoms. The molecule has 0 aliphatic carbocycles. The van der Waals surface area contributed by atoms with E-state index in [9.17, 15) is 9.90 Å². The molecule has 2 N–H and O–H groups in total. The Morgan fingerprint density at radius 1 is 1.43 bits per heavy atom. The van der Waals surface area contributed by atoms with Gasteiger partial charge >= 0.3 is 0 Å². The number of aromatic hydroxyl groups is 1. The van der Waals surface area contributed by atoms with E-state index in [0.717, 1.165) is 11.5 Å². The summed E-state index contributed by atoms with van der Waals surface area (Å²) >= 11 is 5.83. The van der Waals surface area contributed by atoms with Gasteiger partial charge in [0.1, 0.15) is 10.8 Å². The van der Waals surface area contributed by atoms with Gasteiger partial charge in [0.2, 0.25) is 5.91 Å². The number of nitrogens with one attached hydrogen (secondary N) is 1. The Kier molecular flexibility index (Phi) is 9.69. The maximum Gasteiger partial charge on any atom is 0.238 e. The van der Waals surface area contributed by atoms with Gasteiger partial charge in [-0.3, -0.25) is 14.7 Å². The monoisotopic (exact) mass is 447 g/mol. The number of benzene rings is 1. The van der Waals surface area contributed by atoms with Crippen LogP contribution in [0.2, 0.25) is 0 Å². The Labute approximate surface area is 188 Å². The van der Waals surface area contributed by atoms with Crippen LogP contribution >= 0.6 is 24.4 Å². The molecular weight excluding hydrogens is 418 g/mol. The lowest BCUT2D eigenvalue weighted by Crippen LogP contribution is -2.47. The molecule has 162 valence electrons. The van der Waals surface area contributed by atoms with Crippen molar-refractivity contribution >= 4 is 35.3 Å². The Hall–Kier alpha value is -2.02. The van der Waals surface area contributed by atoms with Gasteiger partial charge in [0, 0.05) is 43.7 Å². The van der Waals surface area contributed by atoms with Crippen molar-refractivity contribution in [3.8, 4) is 18.1 Å². The molecule has 0 bridgehead atoms. The third-order valence-corrected chi connectivity index (χ3v) is 6.00. The molecule has 1 atom stereocenters. The molecule has 0 radical (unpaired) electrons. The number of thioether (sulfide) groups is 1. The lowest BCUT2D eigenvalue weighted by atomic mass is 10.0. The fraction of sp³-hybridized carbons (Fsp3) is 0.524. The van der Waals surface area contributed by atoms with Crippen LogP contribution in [-0.2, 0) is 4.79 Å². The number of phenols is 1. The van der Waals surface area contributed by atoms with Crippen LogP contribution in [0.1, 0.15) is 24.8 Å². The summed E-state index contributed by atoms with van der Waals surface area (Å²) in [5.74, 6) is 3.14. The van der Waals surface area contributed by atoms with Crippen LogP contribution in [0, 0.1) is 12.3 Å². The third-order valence-electron chi connectivity index (χ3n) is 4.92. The predicted octanol–water partition coefficient (Wildman–Crippen LogP) is 2.81. The normalized spacial score (nSPS) is 15.6. The van der Waals surface area contributed by atoms with Crippen molar-refractivity contribution < 1.29 is 9.90 Å². The molecule has 0 saturated heterocycles. The van der Waals surface area contributed by atoms with Gasteiger partial charge in [-0.2, -0.15) is 22.9 Å². The van der Waals surface area contributed by atoms with Gasteiger partial charge in [-0.15, -0.1) is 24.1 Å². The highest BCUT2D eigenvalue weighted by Gasteiger charge is 2.38. The molecule has 0 unspecified atom stereocenters. The topological polar surface area (TPSA) is 89.7 Å². The summed E-state index contributed by atoms with van der Waals surface area (Å²) in [6.45, 7) is 1.59. The molecule has 0 saturated carbocycles. The van der Waals surface area contributed by atoms with Crippen molar-refractivity contribution in [3.05, 3.63) is 29.8 Å². The Balaban J connectivity index is 1.82. The highest BCUT2D eigenvalue weighted by molar-refractivity contribution is 8.13. The van der Waals surface area contributed by atoms with Gasteiger partial charge in [-0.25, -0.2) is 0 Å². The first-order chi connectivity index (χ1) is 14.5. The number of carbonyl (C=O) groups excluding carboxylic acids is 1. The van der Waals surface area contributed by atoms with E-state index in [1.54, 1.807) is 12.1 Å². The minimum atomic E-state index is -0.395. The van der Waals surface area contributed by atoms with Crippen LogP contribution in [0.15, 0.2) is 39.5 Å². The predicted molar refractivity (Wildman–Crippen MR) is 127 cm³/mol. The largest absolute Gasteiger partial charge is 0.507 e. The van der Waals surface area contributed by atoms with Gasteiger partial charge in [0.25, 0.3) is 0 Å². The van der Waals surface area contributed by atoms with Crippen molar-refractivity contribution in [2.45, 2.75) is 31.0 Å². The molecule has 1 aliphatic rings. The van der Waals surface area contributed by atoms with Crippen molar-refractivity contribution in [1.82, 2.24) is 10.2 Å². The molecular formula is C21H29N5O2S2. The number of nitrogens with zero attached hydrogens (tertiary/aromatic N) is 4. The van der Waals surface area contributed by atoms with Crippen LogP contribution < -0.4 is 5.32 Å². The average Bonchev–Trinajstić information content (AvgIpc) is 3.51. The SMILES string of the molecule is C#CCCC1(CCNC(=O)[C@H](CS)N(C)CCN=C(SC)c2ccccc2O)N=N1. The number of phenolic OH excluding ortho intramolecular Hbond substituents is 1. The third kappa shape index (κ3) is 7.04. The van der Waals surface area contributed by atoms with E-state index in [1.165, 1.54) is 11.8 Å². The van der Waals surface area contributed by atoms with Crippen molar-refractivity contribution in [1.29, 1.82) is 0 Å². The molecule has 1 aliphatic heterocycles. The second-order valence-corrected chi connectivity index (χ2v) is 8.17. The minimum absolute atomic E-state index is 0.0741. The fourth-order valence-electron chi connectivity index (χ4n) is 2.97. The second kappa shape index (κ2) is 12.0. The van der Waals surface area contributed by atoms with E-state index in [1.807, 2.05) is 30.3 Å². The summed E-state index contributed by atoms with van der Waals surface area (Å²) in [7, 11) is 1.88. The number of terminal acetylenes is 1. The van der Waals surface area contributed by atoms with Gasteiger partial charge < -0.3 is 10.4 Å². The van der Waals surface area contributed by atoms with Crippen molar-refractivity contribution in [2.24, 2.45) is 15.2 Å². The summed E-state index contributed by atoms with van der Waals surface area (Å²) in [5.41, 5.74) is 0.319. The standard InChI is InChI=1S/C21H29N5O2S2/c1-4-5-10-21(24-25-21)11-12-22-19(28)17(15-29)26(2)14-13-23-20(30-3)16-8-6-7-9-18(16)27/h1,6-9,17,27,29H,5,10-15H2,2-3H3,(H,22,28)/t17-/m0/s1. The summed E-state index contributed by atoms with van der Waals surface area (Å²) in [5, 5.41) is 21.9. The summed E-state index contributed by atoms with van der Waals surface area (Å²) in [6, 6.07) is 6.78. The van der Waals surface area contributed by atoms with E-state index in [-0.39, 0.29) is 17.7 Å². The number of hydrogen-bond donors (Lipinski definition) is 3. The van der Waals surface area contributed by atoms with Crippen molar-refractivity contribution in [2.75, 3.05) is 38.7 Å². The first-order valence-corrected chi connectivity index (χ1v) is 11.6. The quantitative estimate of drug-likeness (QED) is 0.199. The average molecular weight is 448 g/mol. The van der Waals surface area contributed by atoms with Crippen LogP contribution in [0.5, 0.6) is 5.75 Å². The Morgan fingerprint density at radius 2 is 2.17 bits per heavy atom. The number of hydrogen-bond acceptors (Lipinski definition) is 8. The van der Waals surface area contributed by atoms with E-state index in [0.29, 0.717) is 43.8 Å². The Bertz CT molecular complexity index is 816. The van der Waals surface area contributed by atoms with Crippen LogP contribution in [0.3, 0.4) is 0 Å². The smallest absolute Gasteiger partial charge is 0.238 e. The van der Waals surface area contributed by atoms with Crippen LogP contribution in [0.25, 0.3) is 0 Å². The zero-order valence-corrected chi connectivity index (χ0v) is 19.1. The maximum absolute atomic E-state index is 12.6. The van der Waals surface area contributed by atoms with Gasteiger partial charge in [-0.05, 0) is 25.4 Å². The summed E-state index contributed by atoms with van der Waals surface area (Å²) in [6.07, 6.45) is 9.23. The minimum Gasteiger partial charge on any atom is -0.507 e. The molecule has 1 amide bonds. The van der Waals surface area contributed by atoms with E-state index >= 15 is 0 Å². The van der Waals surface area contributed by atoms with Gasteiger partial charge in [-0.1, -0.05) is 12.1 Å². The number of likely N-dealkylation sites (N-methyl/N-ethyl adjacent to an activating group) is 1. The van der Waals surface area contributed by atoms with Crippen LogP contribution in [-0.4, -0.2) is 71.4 Å². The lowest BCUT2D eigenvalue weighted by molar-refractivity contribution is -0.125. The zero-order chi connectivity index (χ0) is 22.0. The molecule has 30 heavy (non-hydrogen) atoms. The number of para-hydroxylation sites is 1. The molecule has 0 fully saturated rings. The first-order valence-electron chi connectivity index (χ1n) is 9.79. The number of rotatable bonds is 12. The number of aliphatic imine (C=N–C) groups is 1. The Morgan fingerprint density at radius 3 is 2.77 bits per heavy atom. The van der Waals surface area contributed by atoms with Crippen LogP contribution in [0.4, 0.5) is 0 Å². The molecule has 2 rings (SSSR count). The number of carbonyl (C=O) groups is 1. The van der Waals surface area contributed by atoms with Crippen molar-refractivity contribution in [3.63, 3.8) is 0 Å². The fourth-order valence-corrected chi connectivity index (χ4v) is 4.03. The van der Waals surface area contributed by atoms with E-state index < -0.39 is 5.66 Å². The van der Waals surface area contributed by atoms with E-state index in [4.69, 9.17) is 6.42 Å². The lowest BCUT2D eigenvalue weighted by Gasteiger charge is -2.25. The summed E-state index contributed by atoms with van der Waals surface area (Å²) in [4.78, 5) is 19.1. The number of amides is 1. The van der Waals surface area contributed by atoms with E-state index in [2.05, 4.69) is 39.1 Å². The summed E-state index contributed by atoms with van der Waals surface area (Å²) < 4.78 is 0. The molecule has 1 heterocycles. The highest BCUT2D eigenvalue weighted by Crippen LogP contribution is 2.36. The number of thiol groups is 1. The zero-order valence-electron chi connectivity index (χ0n) is 17.4. The molecule has 1 aromatic rings. The molecule has 1 aromatic carbocycles. The highest BCUT2D eigenvalue weighted by atomic mass is 32.2. The molecule has 7 nitrogen and oxygen atoms in total. The second-order valence-electron chi connectivity index (χ2n) is 7.01. The molecule has 9 heteroatoms. The van der Waals surface area contributed by atoms with Gasteiger partial charge in [0.15, 0.2) is 5.66 Å². The molecule has 0 aromatic heterocycles. The van der Waals surface area contributed by atoms with Gasteiger partial charge in [0.05, 0.1) is 12.6 Å². The first kappa shape index (κ1) is 24.3. The maximum atomic E-state index is 12.6.